The summed E-state index contributed by atoms with van der Waals surface area (Å²) in [5.41, 5.74) is 0.968. The van der Waals surface area contributed by atoms with Gasteiger partial charge in [0.1, 0.15) is 5.82 Å². The number of nitrogens with one attached hydrogen (secondary N) is 1. The smallest absolute Gasteiger partial charge is 0.141 e. The minimum Gasteiger partial charge on any atom is -0.307 e. The van der Waals surface area contributed by atoms with Crippen molar-refractivity contribution >= 4 is 0 Å². The van der Waals surface area contributed by atoms with Gasteiger partial charge in [0.25, 0.3) is 0 Å². The summed E-state index contributed by atoms with van der Waals surface area (Å²) in [6.45, 7) is 2.13. The van der Waals surface area contributed by atoms with Gasteiger partial charge in [-0.2, -0.15) is 0 Å². The van der Waals surface area contributed by atoms with E-state index in [1.54, 1.807) is 12.3 Å². The van der Waals surface area contributed by atoms with Gasteiger partial charge < -0.3 is 5.32 Å². The molecule has 4 rings (SSSR count). The third-order valence-electron chi connectivity index (χ3n) is 6.12. The SMILES string of the molecule is CC(NC1CC2CC1C1CCCC21)c1cncc(F)c1. The average Bonchev–Trinajstić information content (AvgIpc) is 3.10. The Morgan fingerprint density at radius 3 is 2.90 bits per heavy atom. The van der Waals surface area contributed by atoms with E-state index in [1.165, 1.54) is 38.3 Å². The van der Waals surface area contributed by atoms with Crippen LogP contribution in [0.4, 0.5) is 4.39 Å². The van der Waals surface area contributed by atoms with E-state index in [9.17, 15) is 4.39 Å². The highest BCUT2D eigenvalue weighted by Crippen LogP contribution is 2.58. The van der Waals surface area contributed by atoms with E-state index in [4.69, 9.17) is 0 Å². The molecule has 3 saturated carbocycles. The van der Waals surface area contributed by atoms with Crippen molar-refractivity contribution in [1.29, 1.82) is 0 Å². The minimum atomic E-state index is -0.236. The zero-order chi connectivity index (χ0) is 13.7. The van der Waals surface area contributed by atoms with Crippen LogP contribution >= 0.6 is 0 Å². The maximum absolute atomic E-state index is 13.3. The van der Waals surface area contributed by atoms with Gasteiger partial charge in [0, 0.05) is 18.3 Å². The second-order valence-corrected chi connectivity index (χ2v) is 7.09. The summed E-state index contributed by atoms with van der Waals surface area (Å²) >= 11 is 0. The fourth-order valence-electron chi connectivity index (χ4n) is 5.34. The lowest BCUT2D eigenvalue weighted by molar-refractivity contribution is 0.200. The highest BCUT2D eigenvalue weighted by molar-refractivity contribution is 5.15. The summed E-state index contributed by atoms with van der Waals surface area (Å²) in [7, 11) is 0. The third kappa shape index (κ3) is 1.98. The molecule has 6 unspecified atom stereocenters. The third-order valence-corrected chi connectivity index (χ3v) is 6.12. The van der Waals surface area contributed by atoms with Crippen LogP contribution in [0.15, 0.2) is 18.5 Å². The maximum atomic E-state index is 13.3. The molecule has 1 heterocycles. The van der Waals surface area contributed by atoms with E-state index in [-0.39, 0.29) is 11.9 Å². The molecule has 1 aromatic rings. The highest BCUT2D eigenvalue weighted by Gasteiger charge is 2.53. The Hall–Kier alpha value is -0.960. The molecule has 0 aromatic carbocycles. The lowest BCUT2D eigenvalue weighted by Crippen LogP contribution is -2.40. The first kappa shape index (κ1) is 12.8. The summed E-state index contributed by atoms with van der Waals surface area (Å²) < 4.78 is 13.3. The van der Waals surface area contributed by atoms with Gasteiger partial charge in [-0.05, 0) is 67.9 Å². The number of hydrogen-bond donors (Lipinski definition) is 1. The number of aromatic nitrogens is 1. The molecule has 0 saturated heterocycles. The summed E-state index contributed by atoms with van der Waals surface area (Å²) in [6.07, 6.45) is 10.2. The number of halogens is 1. The van der Waals surface area contributed by atoms with Gasteiger partial charge in [-0.1, -0.05) is 6.42 Å². The Bertz CT molecular complexity index is 504. The normalized spacial score (nSPS) is 40.0. The molecule has 6 atom stereocenters. The fourth-order valence-corrected chi connectivity index (χ4v) is 5.34. The van der Waals surface area contributed by atoms with E-state index in [0.717, 1.165) is 29.2 Å². The molecule has 0 spiro atoms. The van der Waals surface area contributed by atoms with Crippen LogP contribution in [0.25, 0.3) is 0 Å². The predicted octanol–water partition coefficient (Wildman–Crippen LogP) is 3.70. The van der Waals surface area contributed by atoms with E-state index < -0.39 is 0 Å². The summed E-state index contributed by atoms with van der Waals surface area (Å²) in [5, 5.41) is 3.76. The molecule has 3 heteroatoms. The second kappa shape index (κ2) is 4.80. The Morgan fingerprint density at radius 2 is 2.05 bits per heavy atom. The molecule has 1 aromatic heterocycles. The zero-order valence-corrected chi connectivity index (χ0v) is 12.1. The van der Waals surface area contributed by atoms with Crippen LogP contribution in [-0.2, 0) is 0 Å². The van der Waals surface area contributed by atoms with Gasteiger partial charge in [0.15, 0.2) is 0 Å². The van der Waals surface area contributed by atoms with Crippen LogP contribution in [-0.4, -0.2) is 11.0 Å². The van der Waals surface area contributed by atoms with Gasteiger partial charge in [-0.15, -0.1) is 0 Å². The Labute approximate surface area is 120 Å². The van der Waals surface area contributed by atoms with Crippen LogP contribution < -0.4 is 5.32 Å². The Morgan fingerprint density at radius 1 is 1.20 bits per heavy atom. The van der Waals surface area contributed by atoms with Gasteiger partial charge >= 0.3 is 0 Å². The molecule has 20 heavy (non-hydrogen) atoms. The van der Waals surface area contributed by atoms with E-state index in [1.807, 2.05) is 0 Å². The van der Waals surface area contributed by atoms with Crippen molar-refractivity contribution in [1.82, 2.24) is 10.3 Å². The molecular formula is C17H23FN2. The first-order valence-corrected chi connectivity index (χ1v) is 8.09. The van der Waals surface area contributed by atoms with Crippen LogP contribution in [0.1, 0.15) is 50.6 Å². The molecule has 108 valence electrons. The van der Waals surface area contributed by atoms with Gasteiger partial charge in [-0.3, -0.25) is 4.98 Å². The van der Waals surface area contributed by atoms with Crippen LogP contribution in [0.3, 0.4) is 0 Å². The number of pyridine rings is 1. The van der Waals surface area contributed by atoms with Crippen molar-refractivity contribution in [2.24, 2.45) is 23.7 Å². The number of fused-ring (bicyclic) bond motifs is 5. The van der Waals surface area contributed by atoms with Crippen molar-refractivity contribution < 1.29 is 4.39 Å². The molecular weight excluding hydrogens is 251 g/mol. The molecule has 3 aliphatic carbocycles. The molecule has 0 amide bonds. The zero-order valence-electron chi connectivity index (χ0n) is 12.1. The quantitative estimate of drug-likeness (QED) is 0.909. The van der Waals surface area contributed by atoms with Gasteiger partial charge in [-0.25, -0.2) is 4.39 Å². The van der Waals surface area contributed by atoms with Crippen molar-refractivity contribution in [3.8, 4) is 0 Å². The van der Waals surface area contributed by atoms with Crippen LogP contribution in [0.5, 0.6) is 0 Å². The number of rotatable bonds is 3. The van der Waals surface area contributed by atoms with Crippen molar-refractivity contribution in [2.45, 2.75) is 51.1 Å². The Balaban J connectivity index is 1.45. The summed E-state index contributed by atoms with van der Waals surface area (Å²) in [4.78, 5) is 3.97. The monoisotopic (exact) mass is 274 g/mol. The molecule has 0 radical (unpaired) electrons. The first-order valence-electron chi connectivity index (χ1n) is 8.09. The minimum absolute atomic E-state index is 0.197. The van der Waals surface area contributed by atoms with Crippen LogP contribution in [0.2, 0.25) is 0 Å². The topological polar surface area (TPSA) is 24.9 Å². The molecule has 1 N–H and O–H groups in total. The fraction of sp³-hybridized carbons (Fsp3) is 0.706. The summed E-state index contributed by atoms with van der Waals surface area (Å²) in [6, 6.07) is 2.44. The summed E-state index contributed by atoms with van der Waals surface area (Å²) in [5.74, 6) is 3.60. The van der Waals surface area contributed by atoms with Crippen molar-refractivity contribution in [3.05, 3.63) is 29.8 Å². The maximum Gasteiger partial charge on any atom is 0.141 e. The lowest BCUT2D eigenvalue weighted by Gasteiger charge is -2.34. The van der Waals surface area contributed by atoms with Crippen LogP contribution in [0, 0.1) is 29.5 Å². The second-order valence-electron chi connectivity index (χ2n) is 7.09. The molecule has 0 aliphatic heterocycles. The van der Waals surface area contributed by atoms with E-state index >= 15 is 0 Å². The molecule has 3 fully saturated rings. The average molecular weight is 274 g/mol. The van der Waals surface area contributed by atoms with Crippen molar-refractivity contribution in [3.63, 3.8) is 0 Å². The highest BCUT2D eigenvalue weighted by atomic mass is 19.1. The van der Waals surface area contributed by atoms with Crippen molar-refractivity contribution in [2.75, 3.05) is 0 Å². The molecule has 2 nitrogen and oxygen atoms in total. The van der Waals surface area contributed by atoms with Gasteiger partial charge in [0.2, 0.25) is 0 Å². The predicted molar refractivity (Wildman–Crippen MR) is 76.6 cm³/mol. The number of hydrogen-bond acceptors (Lipinski definition) is 2. The lowest BCUT2D eigenvalue weighted by atomic mass is 9.79. The first-order chi connectivity index (χ1) is 9.72. The Kier molecular flexibility index (Phi) is 3.06. The number of nitrogens with zero attached hydrogens (tertiary/aromatic N) is 1. The molecule has 3 aliphatic rings. The standard InChI is InChI=1S/C17H23FN2/c1-10(12-5-13(18)9-19-8-12)20-17-7-11-6-16(17)15-4-2-3-14(11)15/h5,8-11,14-17,20H,2-4,6-7H2,1H3. The van der Waals surface area contributed by atoms with E-state index in [2.05, 4.69) is 17.2 Å². The van der Waals surface area contributed by atoms with E-state index in [0.29, 0.717) is 6.04 Å². The molecule has 2 bridgehead atoms. The van der Waals surface area contributed by atoms with Gasteiger partial charge in [0.05, 0.1) is 6.20 Å². The largest absolute Gasteiger partial charge is 0.307 e.